The van der Waals surface area contributed by atoms with Crippen molar-refractivity contribution in [3.63, 3.8) is 0 Å². The number of hydrazone groups is 1. The molecular weight excluding hydrogens is 430 g/mol. The molecule has 0 saturated carbocycles. The zero-order valence-corrected chi connectivity index (χ0v) is 19.6. The first-order valence-corrected chi connectivity index (χ1v) is 11.6. The van der Waals surface area contributed by atoms with Gasteiger partial charge in [-0.25, -0.2) is 5.43 Å². The second-order valence-electron chi connectivity index (χ2n) is 7.84. The molecule has 1 heterocycles. The van der Waals surface area contributed by atoms with Crippen LogP contribution in [0.25, 0.3) is 17.1 Å². The minimum Gasteiger partial charge on any atom is -0.272 e. The summed E-state index contributed by atoms with van der Waals surface area (Å²) in [4.78, 5) is 12.4. The van der Waals surface area contributed by atoms with Gasteiger partial charge in [-0.2, -0.15) is 5.10 Å². The molecule has 4 rings (SSSR count). The minimum absolute atomic E-state index is 0.170. The molecule has 1 aromatic heterocycles. The van der Waals surface area contributed by atoms with Crippen molar-refractivity contribution in [2.24, 2.45) is 5.10 Å². The Morgan fingerprint density at radius 2 is 1.45 bits per heavy atom. The summed E-state index contributed by atoms with van der Waals surface area (Å²) in [7, 11) is 0. The number of amides is 1. The third-order valence-electron chi connectivity index (χ3n) is 5.05. The van der Waals surface area contributed by atoms with Gasteiger partial charge in [0, 0.05) is 11.3 Å². The molecule has 0 fully saturated rings. The van der Waals surface area contributed by atoms with Crippen LogP contribution in [-0.2, 0) is 4.79 Å². The maximum Gasteiger partial charge on any atom is 0.250 e. The van der Waals surface area contributed by atoms with Gasteiger partial charge in [0.2, 0.25) is 0 Å². The summed E-state index contributed by atoms with van der Waals surface area (Å²) < 4.78 is 1.98. The first-order chi connectivity index (χ1) is 16.0. The fourth-order valence-corrected chi connectivity index (χ4v) is 3.92. The molecule has 0 aliphatic rings. The summed E-state index contributed by atoms with van der Waals surface area (Å²) >= 11 is 1.32. The fraction of sp³-hybridized carbons (Fsp3) is 0.154. The minimum atomic E-state index is -0.210. The van der Waals surface area contributed by atoms with Crippen LogP contribution in [0.2, 0.25) is 0 Å². The second-order valence-corrected chi connectivity index (χ2v) is 8.78. The Bertz CT molecular complexity index is 1260. The zero-order valence-electron chi connectivity index (χ0n) is 18.8. The molecule has 3 aromatic carbocycles. The molecule has 0 aliphatic heterocycles. The lowest BCUT2D eigenvalue weighted by Crippen LogP contribution is -2.20. The van der Waals surface area contributed by atoms with Gasteiger partial charge in [0.15, 0.2) is 11.0 Å². The van der Waals surface area contributed by atoms with Gasteiger partial charge in [0.1, 0.15) is 0 Å². The van der Waals surface area contributed by atoms with Crippen LogP contribution >= 0.6 is 11.8 Å². The van der Waals surface area contributed by atoms with E-state index in [-0.39, 0.29) is 11.7 Å². The number of hydrogen-bond donors (Lipinski definition) is 1. The van der Waals surface area contributed by atoms with Crippen molar-refractivity contribution in [1.82, 2.24) is 20.2 Å². The highest BCUT2D eigenvalue weighted by Crippen LogP contribution is 2.28. The van der Waals surface area contributed by atoms with Crippen LogP contribution in [0.1, 0.15) is 22.3 Å². The molecule has 7 heteroatoms. The molecular formula is C26H25N5OS. The predicted octanol–water partition coefficient (Wildman–Crippen LogP) is 5.10. The summed E-state index contributed by atoms with van der Waals surface area (Å²) in [6.07, 6.45) is 1.63. The SMILES string of the molecule is Cc1ccc(C=NNC(=O)CSc2nnc(-c3ccc(C)cc3)n2-c2ccc(C)cc2)cc1. The van der Waals surface area contributed by atoms with E-state index in [4.69, 9.17) is 0 Å². The molecule has 166 valence electrons. The summed E-state index contributed by atoms with van der Waals surface area (Å²) in [5.74, 6) is 0.696. The number of carbonyl (C=O) groups excluding carboxylic acids is 1. The van der Waals surface area contributed by atoms with Crippen LogP contribution in [0, 0.1) is 20.8 Å². The highest BCUT2D eigenvalue weighted by molar-refractivity contribution is 7.99. The van der Waals surface area contributed by atoms with Gasteiger partial charge in [0.25, 0.3) is 5.91 Å². The van der Waals surface area contributed by atoms with Crippen molar-refractivity contribution in [2.45, 2.75) is 25.9 Å². The summed E-state index contributed by atoms with van der Waals surface area (Å²) in [5.41, 5.74) is 8.94. The molecule has 0 saturated heterocycles. The quantitative estimate of drug-likeness (QED) is 0.239. The van der Waals surface area contributed by atoms with Crippen LogP contribution in [0.3, 0.4) is 0 Å². The molecule has 33 heavy (non-hydrogen) atoms. The molecule has 0 bridgehead atoms. The maximum absolute atomic E-state index is 12.4. The Kier molecular flexibility index (Phi) is 7.00. The molecule has 1 amide bonds. The van der Waals surface area contributed by atoms with Crippen molar-refractivity contribution in [1.29, 1.82) is 0 Å². The number of hydrogen-bond acceptors (Lipinski definition) is 5. The van der Waals surface area contributed by atoms with Crippen LogP contribution in [-0.4, -0.2) is 32.6 Å². The lowest BCUT2D eigenvalue weighted by atomic mass is 10.1. The van der Waals surface area contributed by atoms with Crippen LogP contribution in [0.4, 0.5) is 0 Å². The molecule has 0 radical (unpaired) electrons. The number of aromatic nitrogens is 3. The summed E-state index contributed by atoms with van der Waals surface area (Å²) in [6, 6.07) is 24.3. The fourth-order valence-electron chi connectivity index (χ4n) is 3.17. The number of nitrogens with one attached hydrogen (secondary N) is 1. The Morgan fingerprint density at radius 3 is 2.09 bits per heavy atom. The third kappa shape index (κ3) is 5.75. The third-order valence-corrected chi connectivity index (χ3v) is 5.98. The predicted molar refractivity (Wildman–Crippen MR) is 134 cm³/mol. The van der Waals surface area contributed by atoms with E-state index in [0.717, 1.165) is 22.6 Å². The van der Waals surface area contributed by atoms with E-state index in [0.29, 0.717) is 5.16 Å². The Hall–Kier alpha value is -3.71. The van der Waals surface area contributed by atoms with E-state index in [2.05, 4.69) is 51.9 Å². The van der Waals surface area contributed by atoms with E-state index in [1.165, 1.54) is 28.5 Å². The molecule has 0 aliphatic carbocycles. The summed E-state index contributed by atoms with van der Waals surface area (Å²) in [6.45, 7) is 6.13. The average Bonchev–Trinajstić information content (AvgIpc) is 3.24. The molecule has 0 atom stereocenters. The topological polar surface area (TPSA) is 72.2 Å². The van der Waals surface area contributed by atoms with E-state index in [1.807, 2.05) is 66.9 Å². The van der Waals surface area contributed by atoms with E-state index < -0.39 is 0 Å². The molecule has 6 nitrogen and oxygen atoms in total. The first kappa shape index (κ1) is 22.5. The van der Waals surface area contributed by atoms with Crippen molar-refractivity contribution < 1.29 is 4.79 Å². The van der Waals surface area contributed by atoms with Crippen LogP contribution in [0.5, 0.6) is 0 Å². The molecule has 0 unspecified atom stereocenters. The number of rotatable bonds is 7. The van der Waals surface area contributed by atoms with Gasteiger partial charge in [-0.1, -0.05) is 89.1 Å². The van der Waals surface area contributed by atoms with Crippen LogP contribution < -0.4 is 5.43 Å². The Morgan fingerprint density at radius 1 is 0.879 bits per heavy atom. The highest BCUT2D eigenvalue weighted by Gasteiger charge is 2.17. The van der Waals surface area contributed by atoms with Gasteiger partial charge in [-0.05, 0) is 38.5 Å². The monoisotopic (exact) mass is 455 g/mol. The van der Waals surface area contributed by atoms with Crippen molar-refractivity contribution in [2.75, 3.05) is 5.75 Å². The lowest BCUT2D eigenvalue weighted by molar-refractivity contribution is -0.118. The number of nitrogens with zero attached hydrogens (tertiary/aromatic N) is 4. The van der Waals surface area contributed by atoms with E-state index >= 15 is 0 Å². The van der Waals surface area contributed by atoms with E-state index in [9.17, 15) is 4.79 Å². The Balaban J connectivity index is 1.51. The number of benzene rings is 3. The maximum atomic E-state index is 12.4. The highest BCUT2D eigenvalue weighted by atomic mass is 32.2. The molecule has 1 N–H and O–H groups in total. The van der Waals surface area contributed by atoms with Gasteiger partial charge in [-0.3, -0.25) is 9.36 Å². The zero-order chi connectivity index (χ0) is 23.2. The smallest absolute Gasteiger partial charge is 0.250 e. The van der Waals surface area contributed by atoms with Crippen molar-refractivity contribution in [3.8, 4) is 17.1 Å². The Labute approximate surface area is 197 Å². The van der Waals surface area contributed by atoms with Gasteiger partial charge < -0.3 is 0 Å². The average molecular weight is 456 g/mol. The normalized spacial score (nSPS) is 11.1. The van der Waals surface area contributed by atoms with Gasteiger partial charge >= 0.3 is 0 Å². The number of thioether (sulfide) groups is 1. The number of carbonyl (C=O) groups is 1. The molecule has 0 spiro atoms. The van der Waals surface area contributed by atoms with Crippen molar-refractivity contribution in [3.05, 3.63) is 95.1 Å². The van der Waals surface area contributed by atoms with Gasteiger partial charge in [-0.15, -0.1) is 10.2 Å². The van der Waals surface area contributed by atoms with E-state index in [1.54, 1.807) is 6.21 Å². The summed E-state index contributed by atoms with van der Waals surface area (Å²) in [5, 5.41) is 13.5. The lowest BCUT2D eigenvalue weighted by Gasteiger charge is -2.11. The standard InChI is InChI=1S/C26H25N5OS/c1-18-4-10-21(11-5-18)16-27-28-24(32)17-33-26-30-29-25(22-12-6-19(2)7-13-22)31(26)23-14-8-20(3)9-15-23/h4-16H,17H2,1-3H3,(H,28,32). The number of aryl methyl sites for hydroxylation is 3. The van der Waals surface area contributed by atoms with Crippen LogP contribution in [0.15, 0.2) is 83.1 Å². The molecule has 4 aromatic rings. The van der Waals surface area contributed by atoms with Crippen molar-refractivity contribution >= 4 is 23.9 Å². The first-order valence-electron chi connectivity index (χ1n) is 10.6. The largest absolute Gasteiger partial charge is 0.272 e. The van der Waals surface area contributed by atoms with Gasteiger partial charge in [0.05, 0.1) is 12.0 Å². The second kappa shape index (κ2) is 10.3.